The van der Waals surface area contributed by atoms with E-state index in [4.69, 9.17) is 9.47 Å². The molecule has 0 aliphatic carbocycles. The van der Waals surface area contributed by atoms with E-state index in [1.165, 1.54) is 12.1 Å². The molecule has 23 heavy (non-hydrogen) atoms. The molecule has 0 atom stereocenters. The monoisotopic (exact) mass is 323 g/mol. The van der Waals surface area contributed by atoms with Crippen molar-refractivity contribution in [3.05, 3.63) is 39.4 Å². The van der Waals surface area contributed by atoms with Crippen LogP contribution in [0.25, 0.3) is 0 Å². The Morgan fingerprint density at radius 3 is 2.04 bits per heavy atom. The van der Waals surface area contributed by atoms with E-state index in [1.54, 1.807) is 26.8 Å². The highest BCUT2D eigenvalue weighted by atomic mass is 16.6. The molecule has 126 valence electrons. The molecule has 0 radical (unpaired) electrons. The molecule has 0 saturated heterocycles. The van der Waals surface area contributed by atoms with Gasteiger partial charge in [-0.25, -0.2) is 0 Å². The highest BCUT2D eigenvalue weighted by molar-refractivity contribution is 5.75. The summed E-state index contributed by atoms with van der Waals surface area (Å²) >= 11 is 0. The lowest BCUT2D eigenvalue weighted by atomic mass is 9.91. The minimum Gasteiger partial charge on any atom is -0.466 e. The Morgan fingerprint density at radius 1 is 1.09 bits per heavy atom. The van der Waals surface area contributed by atoms with Crippen LogP contribution < -0.4 is 0 Å². The fraction of sp³-hybridized carbons (Fsp3) is 0.500. The van der Waals surface area contributed by atoms with E-state index >= 15 is 0 Å². The highest BCUT2D eigenvalue weighted by Gasteiger charge is 2.23. The number of aryl methyl sites for hydroxylation is 1. The average Bonchev–Trinajstić information content (AvgIpc) is 2.46. The molecule has 0 aliphatic rings. The van der Waals surface area contributed by atoms with Crippen molar-refractivity contribution in [2.75, 3.05) is 13.2 Å². The Hall–Kier alpha value is -2.44. The number of carbonyl (C=O) groups excluding carboxylic acids is 2. The summed E-state index contributed by atoms with van der Waals surface area (Å²) < 4.78 is 9.84. The van der Waals surface area contributed by atoms with E-state index in [-0.39, 0.29) is 31.7 Å². The number of non-ortho nitro benzene ring substituents is 1. The fourth-order valence-corrected chi connectivity index (χ4v) is 2.28. The highest BCUT2D eigenvalue weighted by Crippen LogP contribution is 2.29. The number of esters is 2. The lowest BCUT2D eigenvalue weighted by Gasteiger charge is -2.16. The SMILES string of the molecule is CCOC(=O)CC(CC(=O)OCC)c1cc(C)cc([N+](=O)[O-])c1. The average molecular weight is 323 g/mol. The normalized spacial score (nSPS) is 10.4. The zero-order valence-electron chi connectivity index (χ0n) is 13.5. The Morgan fingerprint density at radius 2 is 1.61 bits per heavy atom. The summed E-state index contributed by atoms with van der Waals surface area (Å²) in [4.78, 5) is 34.0. The van der Waals surface area contributed by atoms with Gasteiger partial charge in [-0.15, -0.1) is 0 Å². The van der Waals surface area contributed by atoms with Crippen LogP contribution in [0.3, 0.4) is 0 Å². The van der Waals surface area contributed by atoms with Crippen LogP contribution in [-0.4, -0.2) is 30.1 Å². The molecule has 1 aromatic carbocycles. The maximum Gasteiger partial charge on any atom is 0.306 e. The molecule has 0 fully saturated rings. The predicted molar refractivity (Wildman–Crippen MR) is 83.1 cm³/mol. The number of hydrogen-bond acceptors (Lipinski definition) is 6. The summed E-state index contributed by atoms with van der Waals surface area (Å²) in [6.07, 6.45) is -0.0689. The van der Waals surface area contributed by atoms with Crippen LogP contribution in [0.2, 0.25) is 0 Å². The van der Waals surface area contributed by atoms with E-state index in [0.717, 1.165) is 0 Å². The van der Waals surface area contributed by atoms with Crippen molar-refractivity contribution in [3.8, 4) is 0 Å². The number of ether oxygens (including phenoxy) is 2. The number of nitrogens with zero attached hydrogens (tertiary/aromatic N) is 1. The largest absolute Gasteiger partial charge is 0.466 e. The molecule has 0 heterocycles. The predicted octanol–water partition coefficient (Wildman–Crippen LogP) is 2.89. The standard InChI is InChI=1S/C16H21NO6/c1-4-22-15(18)9-13(10-16(19)23-5-2)12-6-11(3)7-14(8-12)17(20)21/h6-8,13H,4-5,9-10H2,1-3H3. The van der Waals surface area contributed by atoms with Gasteiger partial charge in [0.25, 0.3) is 5.69 Å². The van der Waals surface area contributed by atoms with Crippen molar-refractivity contribution in [2.45, 2.75) is 39.5 Å². The zero-order valence-corrected chi connectivity index (χ0v) is 13.5. The molecule has 0 bridgehead atoms. The van der Waals surface area contributed by atoms with Gasteiger partial charge < -0.3 is 9.47 Å². The number of nitro benzene ring substituents is 1. The maximum atomic E-state index is 11.8. The van der Waals surface area contributed by atoms with E-state index in [2.05, 4.69) is 0 Å². The van der Waals surface area contributed by atoms with Crippen LogP contribution in [0.1, 0.15) is 43.7 Å². The molecule has 0 unspecified atom stereocenters. The molecule has 0 N–H and O–H groups in total. The first-order valence-electron chi connectivity index (χ1n) is 7.44. The molecular formula is C16H21NO6. The zero-order chi connectivity index (χ0) is 17.4. The molecule has 0 spiro atoms. The molecule has 7 nitrogen and oxygen atoms in total. The van der Waals surface area contributed by atoms with Gasteiger partial charge in [-0.3, -0.25) is 19.7 Å². The van der Waals surface area contributed by atoms with Crippen LogP contribution in [0.5, 0.6) is 0 Å². The van der Waals surface area contributed by atoms with Gasteiger partial charge in [0.15, 0.2) is 0 Å². The summed E-state index contributed by atoms with van der Waals surface area (Å²) in [6.45, 7) is 5.58. The molecule has 1 aromatic rings. The second-order valence-corrected chi connectivity index (χ2v) is 5.07. The smallest absolute Gasteiger partial charge is 0.306 e. The number of carbonyl (C=O) groups is 2. The third-order valence-electron chi connectivity index (χ3n) is 3.20. The van der Waals surface area contributed by atoms with Gasteiger partial charge in [0.2, 0.25) is 0 Å². The van der Waals surface area contributed by atoms with Gasteiger partial charge in [-0.1, -0.05) is 6.07 Å². The van der Waals surface area contributed by atoms with Crippen molar-refractivity contribution in [1.82, 2.24) is 0 Å². The molecule has 0 aromatic heterocycles. The summed E-state index contributed by atoms with van der Waals surface area (Å²) in [5.74, 6) is -1.43. The summed E-state index contributed by atoms with van der Waals surface area (Å²) in [5, 5.41) is 11.0. The van der Waals surface area contributed by atoms with Crippen molar-refractivity contribution < 1.29 is 24.0 Å². The lowest BCUT2D eigenvalue weighted by molar-refractivity contribution is -0.385. The van der Waals surface area contributed by atoms with Gasteiger partial charge in [0.05, 0.1) is 31.0 Å². The van der Waals surface area contributed by atoms with Crippen LogP contribution in [0, 0.1) is 17.0 Å². The number of nitro groups is 1. The molecule has 0 aliphatic heterocycles. The topological polar surface area (TPSA) is 95.7 Å². The molecule has 1 rings (SSSR count). The van der Waals surface area contributed by atoms with Crippen molar-refractivity contribution >= 4 is 17.6 Å². The van der Waals surface area contributed by atoms with Crippen molar-refractivity contribution in [3.63, 3.8) is 0 Å². The molecular weight excluding hydrogens is 302 g/mol. The summed E-state index contributed by atoms with van der Waals surface area (Å²) in [7, 11) is 0. The first-order valence-corrected chi connectivity index (χ1v) is 7.44. The lowest BCUT2D eigenvalue weighted by Crippen LogP contribution is -2.16. The number of rotatable bonds is 8. The first-order chi connectivity index (χ1) is 10.9. The number of hydrogen-bond donors (Lipinski definition) is 0. The van der Waals surface area contributed by atoms with Gasteiger partial charge in [-0.2, -0.15) is 0 Å². The van der Waals surface area contributed by atoms with Crippen LogP contribution in [-0.2, 0) is 19.1 Å². The molecule has 0 saturated carbocycles. The Kier molecular flexibility index (Phi) is 7.18. The van der Waals surface area contributed by atoms with E-state index in [1.807, 2.05) is 0 Å². The number of benzene rings is 1. The first kappa shape index (κ1) is 18.6. The third-order valence-corrected chi connectivity index (χ3v) is 3.20. The van der Waals surface area contributed by atoms with Gasteiger partial charge in [-0.05, 0) is 31.9 Å². The second kappa shape index (κ2) is 8.87. The van der Waals surface area contributed by atoms with Crippen LogP contribution in [0.15, 0.2) is 18.2 Å². The second-order valence-electron chi connectivity index (χ2n) is 5.07. The minimum atomic E-state index is -0.522. The molecule has 0 amide bonds. The fourth-order valence-electron chi connectivity index (χ4n) is 2.28. The van der Waals surface area contributed by atoms with Crippen molar-refractivity contribution in [2.24, 2.45) is 0 Å². The Bertz CT molecular complexity index is 564. The van der Waals surface area contributed by atoms with Gasteiger partial charge in [0.1, 0.15) is 0 Å². The van der Waals surface area contributed by atoms with Crippen LogP contribution in [0.4, 0.5) is 5.69 Å². The molecule has 7 heteroatoms. The quantitative estimate of drug-likeness (QED) is 0.414. The summed E-state index contributed by atoms with van der Waals surface area (Å²) in [5.41, 5.74) is 1.17. The van der Waals surface area contributed by atoms with E-state index in [9.17, 15) is 19.7 Å². The maximum absolute atomic E-state index is 11.8. The third kappa shape index (κ3) is 6.06. The Balaban J connectivity index is 3.09. The van der Waals surface area contributed by atoms with Crippen LogP contribution >= 0.6 is 0 Å². The van der Waals surface area contributed by atoms with Gasteiger partial charge in [0, 0.05) is 18.1 Å². The summed E-state index contributed by atoms with van der Waals surface area (Å²) in [6, 6.07) is 4.56. The van der Waals surface area contributed by atoms with Crippen molar-refractivity contribution in [1.29, 1.82) is 0 Å². The van der Waals surface area contributed by atoms with E-state index < -0.39 is 22.8 Å². The van der Waals surface area contributed by atoms with E-state index in [0.29, 0.717) is 11.1 Å². The Labute approximate surface area is 134 Å². The van der Waals surface area contributed by atoms with Gasteiger partial charge >= 0.3 is 11.9 Å². The minimum absolute atomic E-state index is 0.0345.